The third kappa shape index (κ3) is 2.96. The summed E-state index contributed by atoms with van der Waals surface area (Å²) in [5, 5.41) is 12.1. The molecule has 2 N–H and O–H groups in total. The van der Waals surface area contributed by atoms with Crippen molar-refractivity contribution in [3.8, 4) is 0 Å². The van der Waals surface area contributed by atoms with Gasteiger partial charge in [-0.3, -0.25) is 0 Å². The van der Waals surface area contributed by atoms with Crippen LogP contribution in [0.15, 0.2) is 29.8 Å². The number of hydrogen-bond acceptors (Lipinski definition) is 2. The number of carboxylic acids is 1. The number of hydrogen-bond donors (Lipinski definition) is 2. The van der Waals surface area contributed by atoms with Crippen LogP contribution in [0.5, 0.6) is 0 Å². The van der Waals surface area contributed by atoms with E-state index in [2.05, 4.69) is 5.32 Å². The Morgan fingerprint density at radius 1 is 1.32 bits per heavy atom. The normalized spacial score (nSPS) is 16.6. The van der Waals surface area contributed by atoms with Crippen molar-refractivity contribution in [3.05, 3.63) is 41.0 Å². The van der Waals surface area contributed by atoms with Crippen molar-refractivity contribution >= 4 is 11.5 Å². The summed E-state index contributed by atoms with van der Waals surface area (Å²) < 4.78 is 37.9. The molecule has 102 valence electrons. The van der Waals surface area contributed by atoms with Gasteiger partial charge in [-0.15, -0.1) is 0 Å². The van der Waals surface area contributed by atoms with Crippen LogP contribution in [0.2, 0.25) is 0 Å². The predicted octanol–water partition coefficient (Wildman–Crippen LogP) is 2.54. The summed E-state index contributed by atoms with van der Waals surface area (Å²) >= 11 is 0. The van der Waals surface area contributed by atoms with Gasteiger partial charge in [-0.1, -0.05) is 12.1 Å². The summed E-state index contributed by atoms with van der Waals surface area (Å²) in [5.74, 6) is -1.08. The zero-order valence-electron chi connectivity index (χ0n) is 9.92. The molecule has 0 unspecified atom stereocenters. The Labute approximate surface area is 107 Å². The largest absolute Gasteiger partial charge is 0.478 e. The Morgan fingerprint density at radius 3 is 2.68 bits per heavy atom. The highest BCUT2D eigenvalue weighted by atomic mass is 19.4. The first-order valence-corrected chi connectivity index (χ1v) is 5.73. The Bertz CT molecular complexity index is 535. The summed E-state index contributed by atoms with van der Waals surface area (Å²) in [7, 11) is 0. The molecular weight excluding hydrogens is 259 g/mol. The molecule has 1 aliphatic heterocycles. The van der Waals surface area contributed by atoms with E-state index in [1.807, 2.05) is 0 Å². The van der Waals surface area contributed by atoms with Crippen LogP contribution in [0.4, 0.5) is 13.2 Å². The van der Waals surface area contributed by atoms with Crippen LogP contribution in [0.3, 0.4) is 0 Å². The topological polar surface area (TPSA) is 49.3 Å². The molecule has 0 amide bonds. The molecule has 0 spiro atoms. The maximum Gasteiger partial charge on any atom is 0.416 e. The maximum atomic E-state index is 12.6. The van der Waals surface area contributed by atoms with Crippen molar-refractivity contribution < 1.29 is 23.1 Å². The summed E-state index contributed by atoms with van der Waals surface area (Å²) in [6.45, 7) is 0.785. The van der Waals surface area contributed by atoms with Gasteiger partial charge < -0.3 is 10.4 Å². The summed E-state index contributed by atoms with van der Waals surface area (Å²) in [6.07, 6.45) is -4.12. The Hall–Kier alpha value is -1.82. The molecule has 0 aliphatic carbocycles. The molecule has 3 nitrogen and oxygen atoms in total. The van der Waals surface area contributed by atoms with Crippen molar-refractivity contribution in [2.24, 2.45) is 0 Å². The Morgan fingerprint density at radius 2 is 2.05 bits per heavy atom. The Kier molecular flexibility index (Phi) is 3.61. The highest BCUT2D eigenvalue weighted by molar-refractivity contribution is 5.97. The van der Waals surface area contributed by atoms with Crippen LogP contribution in [0.1, 0.15) is 17.5 Å². The molecule has 6 heteroatoms. The van der Waals surface area contributed by atoms with Crippen molar-refractivity contribution in [3.63, 3.8) is 0 Å². The first kappa shape index (κ1) is 13.6. The van der Waals surface area contributed by atoms with E-state index in [-0.39, 0.29) is 12.1 Å². The number of halogens is 3. The highest BCUT2D eigenvalue weighted by Gasteiger charge is 2.31. The van der Waals surface area contributed by atoms with Gasteiger partial charge in [0.2, 0.25) is 0 Å². The first-order valence-electron chi connectivity index (χ1n) is 5.73. The lowest BCUT2D eigenvalue weighted by molar-refractivity contribution is -0.137. The van der Waals surface area contributed by atoms with Crippen molar-refractivity contribution in [1.29, 1.82) is 0 Å². The van der Waals surface area contributed by atoms with Gasteiger partial charge in [-0.2, -0.15) is 13.2 Å². The van der Waals surface area contributed by atoms with E-state index in [1.165, 1.54) is 12.1 Å². The van der Waals surface area contributed by atoms with E-state index in [1.54, 1.807) is 0 Å². The SMILES string of the molecule is O=C(O)C1=C(c2cccc(C(F)(F)F)c2)CNCC1. The van der Waals surface area contributed by atoms with Crippen LogP contribution in [-0.4, -0.2) is 24.2 Å². The molecule has 0 aromatic heterocycles. The van der Waals surface area contributed by atoms with Gasteiger partial charge in [0.15, 0.2) is 0 Å². The van der Waals surface area contributed by atoms with Gasteiger partial charge in [-0.25, -0.2) is 4.79 Å². The van der Waals surface area contributed by atoms with E-state index >= 15 is 0 Å². The minimum absolute atomic E-state index is 0.179. The second-order valence-corrected chi connectivity index (χ2v) is 4.27. The molecule has 1 heterocycles. The van der Waals surface area contributed by atoms with Crippen LogP contribution in [0, 0.1) is 0 Å². The van der Waals surface area contributed by atoms with Crippen LogP contribution >= 0.6 is 0 Å². The fourth-order valence-corrected chi connectivity index (χ4v) is 2.08. The summed E-state index contributed by atoms with van der Waals surface area (Å²) in [5.41, 5.74) is 0.134. The third-order valence-corrected chi connectivity index (χ3v) is 3.01. The predicted molar refractivity (Wildman–Crippen MR) is 63.5 cm³/mol. The smallest absolute Gasteiger partial charge is 0.416 e. The van der Waals surface area contributed by atoms with E-state index in [9.17, 15) is 18.0 Å². The lowest BCUT2D eigenvalue weighted by Crippen LogP contribution is -2.27. The van der Waals surface area contributed by atoms with Crippen molar-refractivity contribution in [1.82, 2.24) is 5.32 Å². The number of carbonyl (C=O) groups is 1. The fourth-order valence-electron chi connectivity index (χ4n) is 2.08. The quantitative estimate of drug-likeness (QED) is 0.869. The first-order chi connectivity index (χ1) is 8.89. The summed E-state index contributed by atoms with van der Waals surface area (Å²) in [4.78, 5) is 11.1. The monoisotopic (exact) mass is 271 g/mol. The Balaban J connectivity index is 2.48. The molecule has 1 aliphatic rings. The van der Waals surface area contributed by atoms with Gasteiger partial charge in [0, 0.05) is 12.1 Å². The van der Waals surface area contributed by atoms with Gasteiger partial charge in [-0.05, 0) is 36.2 Å². The molecule has 0 bridgehead atoms. The molecule has 0 radical (unpaired) electrons. The molecule has 0 atom stereocenters. The number of carboxylic acid groups (broad SMARTS) is 1. The van der Waals surface area contributed by atoms with Gasteiger partial charge >= 0.3 is 12.1 Å². The van der Waals surface area contributed by atoms with E-state index < -0.39 is 17.7 Å². The fraction of sp³-hybridized carbons (Fsp3) is 0.308. The average Bonchev–Trinajstić information content (AvgIpc) is 2.38. The minimum Gasteiger partial charge on any atom is -0.478 e. The number of nitrogens with one attached hydrogen (secondary N) is 1. The van der Waals surface area contributed by atoms with Crippen molar-refractivity contribution in [2.75, 3.05) is 13.1 Å². The second kappa shape index (κ2) is 5.05. The lowest BCUT2D eigenvalue weighted by atomic mass is 9.94. The average molecular weight is 271 g/mol. The van der Waals surface area contributed by atoms with Gasteiger partial charge in [0.25, 0.3) is 0 Å². The van der Waals surface area contributed by atoms with Crippen LogP contribution < -0.4 is 5.32 Å². The highest BCUT2D eigenvalue weighted by Crippen LogP contribution is 2.32. The minimum atomic E-state index is -4.43. The standard InChI is InChI=1S/C13H12F3NO2/c14-13(15,16)9-3-1-2-8(6-9)11-7-17-5-4-10(11)12(18)19/h1-3,6,17H,4-5,7H2,(H,18,19). The van der Waals surface area contributed by atoms with Gasteiger partial charge in [0.1, 0.15) is 0 Å². The summed E-state index contributed by atoms with van der Waals surface area (Å²) in [6, 6.07) is 4.76. The van der Waals surface area contributed by atoms with E-state index in [0.717, 1.165) is 12.1 Å². The molecule has 0 saturated carbocycles. The van der Waals surface area contributed by atoms with Gasteiger partial charge in [0.05, 0.1) is 5.56 Å². The third-order valence-electron chi connectivity index (χ3n) is 3.01. The van der Waals surface area contributed by atoms with Crippen LogP contribution in [0.25, 0.3) is 5.57 Å². The molecule has 1 aromatic carbocycles. The van der Waals surface area contributed by atoms with E-state index in [0.29, 0.717) is 24.1 Å². The molecule has 2 rings (SSSR count). The molecule has 1 aromatic rings. The number of benzene rings is 1. The number of rotatable bonds is 2. The molecular formula is C13H12F3NO2. The molecule has 19 heavy (non-hydrogen) atoms. The van der Waals surface area contributed by atoms with Crippen LogP contribution in [-0.2, 0) is 11.0 Å². The second-order valence-electron chi connectivity index (χ2n) is 4.27. The zero-order valence-corrected chi connectivity index (χ0v) is 9.92. The number of alkyl halides is 3. The molecule has 0 saturated heterocycles. The van der Waals surface area contributed by atoms with E-state index in [4.69, 9.17) is 5.11 Å². The molecule has 0 fully saturated rings. The number of aliphatic carboxylic acids is 1. The maximum absolute atomic E-state index is 12.6. The lowest BCUT2D eigenvalue weighted by Gasteiger charge is -2.20. The van der Waals surface area contributed by atoms with Crippen molar-refractivity contribution in [2.45, 2.75) is 12.6 Å². The zero-order chi connectivity index (χ0) is 14.0.